The zero-order valence-electron chi connectivity index (χ0n) is 13.6. The minimum absolute atomic E-state index is 0.229. The maximum Gasteiger partial charge on any atom is 0.243 e. The fourth-order valence-electron chi connectivity index (χ4n) is 3.53. The zero-order valence-corrected chi connectivity index (χ0v) is 13.6. The number of carbonyl (C=O) groups excluding carboxylic acids is 1. The van der Waals surface area contributed by atoms with Gasteiger partial charge < -0.3 is 9.80 Å². The van der Waals surface area contributed by atoms with Crippen molar-refractivity contribution in [3.05, 3.63) is 0 Å². The average Bonchev–Trinajstić information content (AvgIpc) is 2.67. The highest BCUT2D eigenvalue weighted by Crippen LogP contribution is 2.27. The second kappa shape index (κ2) is 6.44. The minimum Gasteiger partial charge on any atom is -0.324 e. The van der Waals surface area contributed by atoms with E-state index in [0.717, 1.165) is 25.8 Å². The number of hydrogen-bond donors (Lipinski definition) is 1. The summed E-state index contributed by atoms with van der Waals surface area (Å²) in [7, 11) is 2.20. The second-order valence-corrected chi connectivity index (χ2v) is 6.72. The van der Waals surface area contributed by atoms with Gasteiger partial charge in [-0.3, -0.25) is 10.1 Å². The summed E-state index contributed by atoms with van der Waals surface area (Å²) < 4.78 is 0. The molecule has 20 heavy (non-hydrogen) atoms. The van der Waals surface area contributed by atoms with E-state index >= 15 is 0 Å². The van der Waals surface area contributed by atoms with Crippen molar-refractivity contribution in [1.29, 1.82) is 0 Å². The molecule has 2 rings (SSSR count). The fourth-order valence-corrected chi connectivity index (χ4v) is 3.53. The molecule has 2 heterocycles. The maximum absolute atomic E-state index is 12.8. The highest BCUT2D eigenvalue weighted by molar-refractivity contribution is 5.88. The average molecular weight is 281 g/mol. The Balaban J connectivity index is 2.08. The Morgan fingerprint density at radius 2 is 2.10 bits per heavy atom. The Kier molecular flexibility index (Phi) is 5.08. The number of likely N-dealkylation sites (tertiary alicyclic amines) is 1. The smallest absolute Gasteiger partial charge is 0.243 e. The van der Waals surface area contributed by atoms with Crippen molar-refractivity contribution in [1.82, 2.24) is 15.1 Å². The zero-order chi connectivity index (χ0) is 14.8. The van der Waals surface area contributed by atoms with Crippen LogP contribution in [0.1, 0.15) is 59.3 Å². The Hall–Kier alpha value is -0.610. The van der Waals surface area contributed by atoms with Crippen molar-refractivity contribution < 1.29 is 4.79 Å². The van der Waals surface area contributed by atoms with E-state index < -0.39 is 0 Å². The molecule has 1 N–H and O–H groups in total. The first kappa shape index (κ1) is 15.8. The molecule has 2 aliphatic heterocycles. The number of nitrogens with one attached hydrogen (secondary N) is 1. The summed E-state index contributed by atoms with van der Waals surface area (Å²) in [6.45, 7) is 8.41. The number of piperidine rings is 1. The number of hydrogen-bond acceptors (Lipinski definition) is 3. The molecule has 4 nitrogen and oxygen atoms in total. The van der Waals surface area contributed by atoms with Gasteiger partial charge in [0.25, 0.3) is 0 Å². The van der Waals surface area contributed by atoms with Crippen LogP contribution >= 0.6 is 0 Å². The lowest BCUT2D eigenvalue weighted by Crippen LogP contribution is -2.49. The first-order chi connectivity index (χ1) is 9.51. The predicted octanol–water partition coefficient (Wildman–Crippen LogP) is 2.20. The summed E-state index contributed by atoms with van der Waals surface area (Å²) in [4.78, 5) is 17.3. The number of carbonyl (C=O) groups is 1. The molecule has 0 aliphatic carbocycles. The van der Waals surface area contributed by atoms with Crippen LogP contribution in [0, 0.1) is 0 Å². The summed E-state index contributed by atoms with van der Waals surface area (Å²) in [5.41, 5.74) is -0.354. The van der Waals surface area contributed by atoms with Gasteiger partial charge in [-0.25, -0.2) is 0 Å². The van der Waals surface area contributed by atoms with Crippen LogP contribution in [0.2, 0.25) is 0 Å². The number of rotatable bonds is 5. The lowest BCUT2D eigenvalue weighted by Gasteiger charge is -2.36. The quantitative estimate of drug-likeness (QED) is 0.839. The highest BCUT2D eigenvalue weighted by atomic mass is 16.2. The van der Waals surface area contributed by atoms with E-state index in [1.165, 1.54) is 25.8 Å². The van der Waals surface area contributed by atoms with Gasteiger partial charge in [0.2, 0.25) is 5.91 Å². The molecule has 0 saturated carbocycles. The van der Waals surface area contributed by atoms with Crippen LogP contribution in [0.15, 0.2) is 0 Å². The molecule has 2 aliphatic rings. The maximum atomic E-state index is 12.8. The molecule has 0 aromatic carbocycles. The van der Waals surface area contributed by atoms with E-state index in [-0.39, 0.29) is 11.7 Å². The van der Waals surface area contributed by atoms with Gasteiger partial charge in [-0.05, 0) is 46.2 Å². The van der Waals surface area contributed by atoms with Crippen molar-refractivity contribution in [3.8, 4) is 0 Å². The topological polar surface area (TPSA) is 35.6 Å². The third-order valence-electron chi connectivity index (χ3n) is 5.19. The molecule has 4 heteroatoms. The summed E-state index contributed by atoms with van der Waals surface area (Å²) in [5, 5.41) is 3.58. The molecule has 1 amide bonds. The standard InChI is InChI=1S/C16H31N3O/c1-5-9-14-17-16(3,6-2)15(20)19(14)12-13-10-7-8-11-18(13)4/h13-14,17H,5-12H2,1-4H3. The molecule has 0 aromatic rings. The largest absolute Gasteiger partial charge is 0.324 e. The van der Waals surface area contributed by atoms with Gasteiger partial charge in [0, 0.05) is 12.6 Å². The molecule has 0 bridgehead atoms. The third-order valence-corrected chi connectivity index (χ3v) is 5.19. The van der Waals surface area contributed by atoms with E-state index in [9.17, 15) is 4.79 Å². The SMILES string of the molecule is CCCC1NC(C)(CC)C(=O)N1CC1CCCCN1C. The van der Waals surface area contributed by atoms with E-state index in [1.54, 1.807) is 0 Å². The van der Waals surface area contributed by atoms with E-state index in [2.05, 4.69) is 42.9 Å². The predicted molar refractivity (Wildman–Crippen MR) is 82.5 cm³/mol. The monoisotopic (exact) mass is 281 g/mol. The van der Waals surface area contributed by atoms with Gasteiger partial charge in [-0.1, -0.05) is 26.7 Å². The van der Waals surface area contributed by atoms with Crippen LogP contribution in [0.3, 0.4) is 0 Å². The molecule has 2 fully saturated rings. The first-order valence-electron chi connectivity index (χ1n) is 8.30. The summed E-state index contributed by atoms with van der Waals surface area (Å²) in [5.74, 6) is 0.303. The van der Waals surface area contributed by atoms with E-state index in [4.69, 9.17) is 0 Å². The lowest BCUT2D eigenvalue weighted by molar-refractivity contribution is -0.133. The summed E-state index contributed by atoms with van der Waals surface area (Å²) in [6, 6.07) is 0.535. The van der Waals surface area contributed by atoms with Crippen LogP contribution in [0.25, 0.3) is 0 Å². The molecule has 3 atom stereocenters. The normalized spacial score (nSPS) is 35.8. The van der Waals surface area contributed by atoms with Gasteiger partial charge in [0.15, 0.2) is 0 Å². The van der Waals surface area contributed by atoms with Gasteiger partial charge >= 0.3 is 0 Å². The van der Waals surface area contributed by atoms with Crippen LogP contribution in [-0.4, -0.2) is 53.6 Å². The van der Waals surface area contributed by atoms with Crippen molar-refractivity contribution >= 4 is 5.91 Å². The third kappa shape index (κ3) is 3.01. The van der Waals surface area contributed by atoms with Gasteiger partial charge in [0.1, 0.15) is 0 Å². The molecular formula is C16H31N3O. The molecule has 116 valence electrons. The fraction of sp³-hybridized carbons (Fsp3) is 0.938. The van der Waals surface area contributed by atoms with Gasteiger partial charge in [-0.15, -0.1) is 0 Å². The number of likely N-dealkylation sites (N-methyl/N-ethyl adjacent to an activating group) is 1. The molecular weight excluding hydrogens is 250 g/mol. The van der Waals surface area contributed by atoms with E-state index in [0.29, 0.717) is 11.9 Å². The van der Waals surface area contributed by atoms with E-state index in [1.807, 2.05) is 0 Å². The lowest BCUT2D eigenvalue weighted by atomic mass is 9.98. The summed E-state index contributed by atoms with van der Waals surface area (Å²) >= 11 is 0. The van der Waals surface area contributed by atoms with Crippen molar-refractivity contribution in [2.24, 2.45) is 0 Å². The Morgan fingerprint density at radius 3 is 2.70 bits per heavy atom. The minimum atomic E-state index is -0.354. The van der Waals surface area contributed by atoms with Crippen LogP contribution in [-0.2, 0) is 4.79 Å². The van der Waals surface area contributed by atoms with Crippen molar-refractivity contribution in [3.63, 3.8) is 0 Å². The summed E-state index contributed by atoms with van der Waals surface area (Å²) in [6.07, 6.45) is 7.08. The number of nitrogens with zero attached hydrogens (tertiary/aromatic N) is 2. The van der Waals surface area contributed by atoms with Crippen molar-refractivity contribution in [2.45, 2.75) is 77.0 Å². The Morgan fingerprint density at radius 1 is 1.35 bits per heavy atom. The second-order valence-electron chi connectivity index (χ2n) is 6.72. The first-order valence-corrected chi connectivity index (χ1v) is 8.30. The highest BCUT2D eigenvalue weighted by Gasteiger charge is 2.46. The molecule has 2 saturated heterocycles. The van der Waals surface area contributed by atoms with Gasteiger partial charge in [0.05, 0.1) is 11.7 Å². The molecule has 3 unspecified atom stereocenters. The van der Waals surface area contributed by atoms with Crippen LogP contribution < -0.4 is 5.32 Å². The number of amides is 1. The molecule has 0 aromatic heterocycles. The van der Waals surface area contributed by atoms with Gasteiger partial charge in [-0.2, -0.15) is 0 Å². The molecule has 0 spiro atoms. The Bertz CT molecular complexity index is 347. The Labute approximate surface area is 123 Å². The van der Waals surface area contributed by atoms with Crippen LogP contribution in [0.5, 0.6) is 0 Å². The van der Waals surface area contributed by atoms with Crippen molar-refractivity contribution in [2.75, 3.05) is 20.1 Å². The van der Waals surface area contributed by atoms with Crippen LogP contribution in [0.4, 0.5) is 0 Å². The molecule has 0 radical (unpaired) electrons.